The molecule has 0 aliphatic carbocycles. The first kappa shape index (κ1) is 24.2. The van der Waals surface area contributed by atoms with E-state index in [1.54, 1.807) is 37.4 Å². The Bertz CT molecular complexity index is 1440. The average Bonchev–Trinajstić information content (AvgIpc) is 3.41. The minimum Gasteiger partial charge on any atom is -0.508 e. The Morgan fingerprint density at radius 1 is 1.03 bits per heavy atom. The fraction of sp³-hybridized carbons (Fsp3) is 0.357. The molecule has 0 spiro atoms. The molecule has 2 saturated heterocycles. The maximum Gasteiger partial charge on any atom is 0.253 e. The predicted molar refractivity (Wildman–Crippen MR) is 143 cm³/mol. The van der Waals surface area contributed by atoms with E-state index in [9.17, 15) is 9.90 Å². The van der Waals surface area contributed by atoms with Crippen LogP contribution in [-0.2, 0) is 4.74 Å². The van der Waals surface area contributed by atoms with E-state index in [1.165, 1.54) is 0 Å². The Balaban J connectivity index is 1.29. The van der Waals surface area contributed by atoms with Crippen LogP contribution in [0.15, 0.2) is 54.7 Å². The van der Waals surface area contributed by atoms with Crippen molar-refractivity contribution in [2.24, 2.45) is 0 Å². The fourth-order valence-electron chi connectivity index (χ4n) is 5.20. The average molecular weight is 515 g/mol. The van der Waals surface area contributed by atoms with E-state index in [-0.39, 0.29) is 17.7 Å². The van der Waals surface area contributed by atoms with Crippen LogP contribution in [0.3, 0.4) is 0 Å². The number of phenols is 1. The first-order valence-electron chi connectivity index (χ1n) is 12.9. The molecule has 0 radical (unpaired) electrons. The third-order valence-corrected chi connectivity index (χ3v) is 7.28. The Hall–Kier alpha value is -4.18. The van der Waals surface area contributed by atoms with Crippen molar-refractivity contribution in [3.8, 4) is 22.9 Å². The second kappa shape index (κ2) is 10.3. The zero-order valence-electron chi connectivity index (χ0n) is 21.3. The summed E-state index contributed by atoms with van der Waals surface area (Å²) in [5.41, 5.74) is 2.17. The van der Waals surface area contributed by atoms with Crippen molar-refractivity contribution in [2.75, 3.05) is 51.4 Å². The number of morpholine rings is 1. The SMILES string of the molecule is COc1ccc(C(=O)N2CCC(n3ncc4c(N5CCOCC5)nc(-c5cccc(O)c5)nc43)CC2)cc1. The number of ether oxygens (including phenoxy) is 2. The highest BCUT2D eigenvalue weighted by molar-refractivity contribution is 5.94. The number of phenolic OH excluding ortho intramolecular Hbond substituents is 1. The molecule has 6 rings (SSSR count). The van der Waals surface area contributed by atoms with Gasteiger partial charge in [0.1, 0.15) is 17.3 Å². The van der Waals surface area contributed by atoms with Gasteiger partial charge >= 0.3 is 0 Å². The van der Waals surface area contributed by atoms with Gasteiger partial charge in [0.15, 0.2) is 11.5 Å². The van der Waals surface area contributed by atoms with Crippen LogP contribution in [0.25, 0.3) is 22.4 Å². The lowest BCUT2D eigenvalue weighted by Crippen LogP contribution is -2.39. The minimum atomic E-state index is 0.0273. The van der Waals surface area contributed by atoms with Crippen LogP contribution in [0, 0.1) is 0 Å². The molecule has 2 aromatic heterocycles. The lowest BCUT2D eigenvalue weighted by Gasteiger charge is -2.32. The number of aromatic hydroxyl groups is 1. The number of carbonyl (C=O) groups is 1. The summed E-state index contributed by atoms with van der Waals surface area (Å²) in [5.74, 6) is 2.30. The van der Waals surface area contributed by atoms with Gasteiger partial charge in [0.05, 0.1) is 37.9 Å². The summed E-state index contributed by atoms with van der Waals surface area (Å²) in [6.45, 7) is 4.03. The number of hydrogen-bond acceptors (Lipinski definition) is 8. The van der Waals surface area contributed by atoms with Crippen molar-refractivity contribution in [1.29, 1.82) is 0 Å². The number of piperidine rings is 1. The highest BCUT2D eigenvalue weighted by Crippen LogP contribution is 2.33. The molecule has 4 heterocycles. The second-order valence-corrected chi connectivity index (χ2v) is 9.60. The Morgan fingerprint density at radius 3 is 2.50 bits per heavy atom. The Morgan fingerprint density at radius 2 is 1.79 bits per heavy atom. The molecule has 38 heavy (non-hydrogen) atoms. The quantitative estimate of drug-likeness (QED) is 0.431. The number of rotatable bonds is 5. The summed E-state index contributed by atoms with van der Waals surface area (Å²) in [4.78, 5) is 27.0. The van der Waals surface area contributed by atoms with Crippen molar-refractivity contribution in [3.05, 3.63) is 60.3 Å². The number of nitrogens with zero attached hydrogens (tertiary/aromatic N) is 6. The van der Waals surface area contributed by atoms with Gasteiger partial charge in [0.25, 0.3) is 5.91 Å². The van der Waals surface area contributed by atoms with Crippen LogP contribution in [0.2, 0.25) is 0 Å². The maximum atomic E-state index is 13.1. The van der Waals surface area contributed by atoms with Gasteiger partial charge in [-0.3, -0.25) is 4.79 Å². The summed E-state index contributed by atoms with van der Waals surface area (Å²) < 4.78 is 12.8. The van der Waals surface area contributed by atoms with Gasteiger partial charge in [-0.2, -0.15) is 5.10 Å². The maximum absolute atomic E-state index is 13.1. The molecule has 1 N–H and O–H groups in total. The molecule has 0 saturated carbocycles. The van der Waals surface area contributed by atoms with Gasteiger partial charge in [-0.05, 0) is 49.2 Å². The number of hydrogen-bond donors (Lipinski definition) is 1. The fourth-order valence-corrected chi connectivity index (χ4v) is 5.20. The molecule has 0 unspecified atom stereocenters. The smallest absolute Gasteiger partial charge is 0.253 e. The Kier molecular flexibility index (Phi) is 6.55. The number of benzene rings is 2. The van der Waals surface area contributed by atoms with Crippen molar-refractivity contribution in [3.63, 3.8) is 0 Å². The van der Waals surface area contributed by atoms with Crippen molar-refractivity contribution in [1.82, 2.24) is 24.6 Å². The zero-order chi connectivity index (χ0) is 26.1. The predicted octanol–water partition coefficient (Wildman–Crippen LogP) is 3.52. The van der Waals surface area contributed by atoms with Crippen LogP contribution < -0.4 is 9.64 Å². The van der Waals surface area contributed by atoms with Crippen LogP contribution >= 0.6 is 0 Å². The highest BCUT2D eigenvalue weighted by atomic mass is 16.5. The first-order chi connectivity index (χ1) is 18.6. The molecule has 4 aromatic rings. The largest absolute Gasteiger partial charge is 0.508 e. The van der Waals surface area contributed by atoms with Crippen molar-refractivity contribution < 1.29 is 19.4 Å². The standard InChI is InChI=1S/C28H30N6O4/c1-37-23-7-5-19(6-8-23)28(36)33-11-9-21(10-12-33)34-27-24(18-29-34)26(32-13-15-38-16-14-32)30-25(31-27)20-3-2-4-22(35)17-20/h2-8,17-18,21,35H,9-16H2,1H3. The highest BCUT2D eigenvalue weighted by Gasteiger charge is 2.28. The van der Waals surface area contributed by atoms with E-state index in [0.29, 0.717) is 37.7 Å². The van der Waals surface area contributed by atoms with Gasteiger partial charge in [-0.15, -0.1) is 0 Å². The van der Waals surface area contributed by atoms with Crippen LogP contribution in [0.1, 0.15) is 29.2 Å². The number of amides is 1. The third kappa shape index (κ3) is 4.63. The van der Waals surface area contributed by atoms with Gasteiger partial charge < -0.3 is 24.4 Å². The van der Waals surface area contributed by atoms with Gasteiger partial charge in [0.2, 0.25) is 0 Å². The zero-order valence-corrected chi connectivity index (χ0v) is 21.3. The minimum absolute atomic E-state index is 0.0273. The number of carbonyl (C=O) groups excluding carboxylic acids is 1. The van der Waals surface area contributed by atoms with E-state index in [1.807, 2.05) is 34.0 Å². The number of aromatic nitrogens is 4. The van der Waals surface area contributed by atoms with Gasteiger partial charge in [-0.25, -0.2) is 14.6 Å². The molecule has 0 bridgehead atoms. The molecule has 2 aliphatic heterocycles. The number of fused-ring (bicyclic) bond motifs is 1. The first-order valence-corrected chi connectivity index (χ1v) is 12.9. The van der Waals surface area contributed by atoms with Gasteiger partial charge in [-0.1, -0.05) is 12.1 Å². The monoisotopic (exact) mass is 514 g/mol. The molecule has 10 heteroatoms. The molecule has 196 valence electrons. The molecule has 0 atom stereocenters. The van der Waals surface area contributed by atoms with E-state index in [4.69, 9.17) is 24.5 Å². The lowest BCUT2D eigenvalue weighted by molar-refractivity contribution is 0.0691. The van der Waals surface area contributed by atoms with Crippen molar-refractivity contribution >= 4 is 22.8 Å². The molecule has 10 nitrogen and oxygen atoms in total. The van der Waals surface area contributed by atoms with Crippen molar-refractivity contribution in [2.45, 2.75) is 18.9 Å². The number of methoxy groups -OCH3 is 1. The molecule has 1 amide bonds. The van der Waals surface area contributed by atoms with E-state index in [0.717, 1.165) is 54.1 Å². The normalized spacial score (nSPS) is 16.7. The van der Waals surface area contributed by atoms with Crippen LogP contribution in [0.5, 0.6) is 11.5 Å². The lowest BCUT2D eigenvalue weighted by atomic mass is 10.0. The molecule has 2 aromatic carbocycles. The molecular weight excluding hydrogens is 484 g/mol. The Labute approximate surface area is 220 Å². The molecular formula is C28H30N6O4. The van der Waals surface area contributed by atoms with Crippen LogP contribution in [-0.4, -0.2) is 82.2 Å². The number of anilines is 1. The third-order valence-electron chi connectivity index (χ3n) is 7.28. The summed E-state index contributed by atoms with van der Waals surface area (Å²) in [6.07, 6.45) is 3.40. The van der Waals surface area contributed by atoms with E-state index >= 15 is 0 Å². The summed E-state index contributed by atoms with van der Waals surface area (Å²) in [7, 11) is 1.61. The van der Waals surface area contributed by atoms with Crippen LogP contribution in [0.4, 0.5) is 5.82 Å². The van der Waals surface area contributed by atoms with E-state index in [2.05, 4.69) is 4.90 Å². The summed E-state index contributed by atoms with van der Waals surface area (Å²) in [5, 5.41) is 15.7. The topological polar surface area (TPSA) is 106 Å². The number of likely N-dealkylation sites (tertiary alicyclic amines) is 1. The second-order valence-electron chi connectivity index (χ2n) is 9.60. The van der Waals surface area contributed by atoms with E-state index < -0.39 is 0 Å². The molecule has 2 fully saturated rings. The summed E-state index contributed by atoms with van der Waals surface area (Å²) >= 11 is 0. The van der Waals surface area contributed by atoms with Gasteiger partial charge in [0, 0.05) is 37.3 Å². The molecule has 2 aliphatic rings. The summed E-state index contributed by atoms with van der Waals surface area (Å²) in [6, 6.07) is 14.3.